The van der Waals surface area contributed by atoms with Gasteiger partial charge in [-0.15, -0.1) is 10.2 Å². The molecule has 0 aliphatic carbocycles. The molecule has 9 nitrogen and oxygen atoms in total. The van der Waals surface area contributed by atoms with Gasteiger partial charge in [-0.3, -0.25) is 14.9 Å². The molecule has 1 N–H and O–H groups in total. The summed E-state index contributed by atoms with van der Waals surface area (Å²) in [6, 6.07) is 9.72. The van der Waals surface area contributed by atoms with Crippen molar-refractivity contribution in [2.45, 2.75) is 12.1 Å². The number of nitro groups is 1. The summed E-state index contributed by atoms with van der Waals surface area (Å²) in [5.41, 5.74) is 0.326. The number of amides is 1. The van der Waals surface area contributed by atoms with Crippen LogP contribution in [0.1, 0.15) is 6.92 Å². The minimum Gasteiger partial charge on any atom is -0.494 e. The molecule has 1 amide bonds. The van der Waals surface area contributed by atoms with Gasteiger partial charge < -0.3 is 14.5 Å². The van der Waals surface area contributed by atoms with E-state index >= 15 is 0 Å². The fraction of sp³-hybridized carbons (Fsp3) is 0.167. The Kier molecular flexibility index (Phi) is 6.39. The molecule has 29 heavy (non-hydrogen) atoms. The van der Waals surface area contributed by atoms with Crippen LogP contribution in [0, 0.1) is 15.9 Å². The molecule has 2 aromatic carbocycles. The Bertz CT molecular complexity index is 1030. The van der Waals surface area contributed by atoms with Crippen molar-refractivity contribution in [3.63, 3.8) is 0 Å². The van der Waals surface area contributed by atoms with Crippen LogP contribution in [0.25, 0.3) is 11.5 Å². The van der Waals surface area contributed by atoms with E-state index in [1.807, 2.05) is 0 Å². The van der Waals surface area contributed by atoms with Crippen LogP contribution in [-0.2, 0) is 4.79 Å². The molecule has 150 valence electrons. The van der Waals surface area contributed by atoms with Crippen LogP contribution in [0.15, 0.2) is 52.1 Å². The Morgan fingerprint density at radius 3 is 2.72 bits per heavy atom. The van der Waals surface area contributed by atoms with Gasteiger partial charge in [0.1, 0.15) is 17.3 Å². The number of ether oxygens (including phenoxy) is 1. The molecular weight excluding hydrogens is 403 g/mol. The number of carbonyl (C=O) groups is 1. The number of nitrogens with zero attached hydrogens (tertiary/aromatic N) is 3. The lowest BCUT2D eigenvalue weighted by Crippen LogP contribution is -2.15. The first-order valence-electron chi connectivity index (χ1n) is 8.39. The maximum atomic E-state index is 13.0. The van der Waals surface area contributed by atoms with Crippen LogP contribution >= 0.6 is 11.8 Å². The molecule has 0 aliphatic heterocycles. The first kappa shape index (κ1) is 20.3. The van der Waals surface area contributed by atoms with Crippen molar-refractivity contribution in [1.82, 2.24) is 10.2 Å². The lowest BCUT2D eigenvalue weighted by atomic mass is 10.2. The van der Waals surface area contributed by atoms with Crippen molar-refractivity contribution in [2.75, 3.05) is 17.7 Å². The van der Waals surface area contributed by atoms with Gasteiger partial charge in [0.25, 0.3) is 10.9 Å². The van der Waals surface area contributed by atoms with E-state index in [4.69, 9.17) is 9.15 Å². The fourth-order valence-corrected chi connectivity index (χ4v) is 2.88. The molecule has 0 saturated carbocycles. The lowest BCUT2D eigenvalue weighted by molar-refractivity contribution is -0.384. The average molecular weight is 418 g/mol. The van der Waals surface area contributed by atoms with Crippen molar-refractivity contribution in [2.24, 2.45) is 0 Å². The van der Waals surface area contributed by atoms with Crippen LogP contribution in [-0.4, -0.2) is 33.4 Å². The van der Waals surface area contributed by atoms with Gasteiger partial charge in [-0.2, -0.15) is 0 Å². The Morgan fingerprint density at radius 1 is 1.28 bits per heavy atom. The third kappa shape index (κ3) is 5.29. The van der Waals surface area contributed by atoms with Gasteiger partial charge in [-0.25, -0.2) is 4.39 Å². The number of aromatic nitrogens is 2. The number of nitrogens with one attached hydrogen (secondary N) is 1. The Hall–Kier alpha value is -3.47. The van der Waals surface area contributed by atoms with Crippen LogP contribution in [0.3, 0.4) is 0 Å². The zero-order chi connectivity index (χ0) is 20.8. The van der Waals surface area contributed by atoms with Crippen LogP contribution in [0.4, 0.5) is 15.8 Å². The standard InChI is InChI=1S/C18H15FN4O5S/c1-2-27-13-7-8-14(15(9-13)23(25)26)20-16(24)10-29-18-22-21-17(28-18)11-3-5-12(19)6-4-11/h3-9H,2,10H2,1H3,(H,20,24). The number of hydrogen-bond acceptors (Lipinski definition) is 8. The summed E-state index contributed by atoms with van der Waals surface area (Å²) in [5.74, 6) is -0.442. The molecule has 3 rings (SSSR count). The third-order valence-electron chi connectivity index (χ3n) is 3.58. The molecule has 0 unspecified atom stereocenters. The van der Waals surface area contributed by atoms with E-state index in [9.17, 15) is 19.3 Å². The van der Waals surface area contributed by atoms with E-state index < -0.39 is 10.8 Å². The van der Waals surface area contributed by atoms with E-state index in [0.29, 0.717) is 17.9 Å². The number of anilines is 1. The molecule has 0 fully saturated rings. The van der Waals surface area contributed by atoms with Crippen molar-refractivity contribution in [1.29, 1.82) is 0 Å². The molecule has 0 saturated heterocycles. The van der Waals surface area contributed by atoms with Crippen LogP contribution in [0.5, 0.6) is 5.75 Å². The van der Waals surface area contributed by atoms with Gasteiger partial charge in [0.2, 0.25) is 11.8 Å². The van der Waals surface area contributed by atoms with Gasteiger partial charge in [0, 0.05) is 5.56 Å². The number of nitro benzene ring substituents is 1. The lowest BCUT2D eigenvalue weighted by Gasteiger charge is -2.07. The Balaban J connectivity index is 1.62. The SMILES string of the molecule is CCOc1ccc(NC(=O)CSc2nnc(-c3ccc(F)cc3)o2)c([N+](=O)[O-])c1. The number of rotatable bonds is 8. The van der Waals surface area contributed by atoms with E-state index in [0.717, 1.165) is 11.8 Å². The highest BCUT2D eigenvalue weighted by Gasteiger charge is 2.18. The minimum atomic E-state index is -0.599. The van der Waals surface area contributed by atoms with Crippen molar-refractivity contribution >= 4 is 29.0 Å². The number of benzene rings is 2. The summed E-state index contributed by atoms with van der Waals surface area (Å²) in [7, 11) is 0. The fourth-order valence-electron chi connectivity index (χ4n) is 2.32. The molecule has 0 aliphatic rings. The normalized spacial score (nSPS) is 10.6. The average Bonchev–Trinajstić information content (AvgIpc) is 3.17. The van der Waals surface area contributed by atoms with Crippen molar-refractivity contribution in [3.8, 4) is 17.2 Å². The second kappa shape index (κ2) is 9.15. The zero-order valence-corrected chi connectivity index (χ0v) is 15.9. The Morgan fingerprint density at radius 2 is 2.03 bits per heavy atom. The highest BCUT2D eigenvalue weighted by Crippen LogP contribution is 2.30. The molecule has 0 bridgehead atoms. The van der Waals surface area contributed by atoms with Gasteiger partial charge in [0.15, 0.2) is 0 Å². The number of halogens is 1. The van der Waals surface area contributed by atoms with Gasteiger partial charge >= 0.3 is 0 Å². The molecule has 0 atom stereocenters. The number of hydrogen-bond donors (Lipinski definition) is 1. The maximum Gasteiger partial charge on any atom is 0.296 e. The molecule has 3 aromatic rings. The van der Waals surface area contributed by atoms with Crippen molar-refractivity contribution in [3.05, 3.63) is 58.4 Å². The highest BCUT2D eigenvalue weighted by atomic mass is 32.2. The second-order valence-corrected chi connectivity index (χ2v) is 6.51. The predicted molar refractivity (Wildman–Crippen MR) is 103 cm³/mol. The van der Waals surface area contributed by atoms with E-state index in [1.165, 1.54) is 42.5 Å². The Labute approximate surface area is 168 Å². The number of carbonyl (C=O) groups excluding carboxylic acids is 1. The van der Waals surface area contributed by atoms with Gasteiger partial charge in [-0.1, -0.05) is 11.8 Å². The first-order valence-corrected chi connectivity index (χ1v) is 9.38. The maximum absolute atomic E-state index is 13.0. The first-order chi connectivity index (χ1) is 14.0. The summed E-state index contributed by atoms with van der Waals surface area (Å²) >= 11 is 0.971. The largest absolute Gasteiger partial charge is 0.494 e. The van der Waals surface area contributed by atoms with Crippen LogP contribution < -0.4 is 10.1 Å². The molecule has 1 heterocycles. The summed E-state index contributed by atoms with van der Waals surface area (Å²) in [5, 5.41) is 21.5. The molecule has 0 radical (unpaired) electrons. The van der Waals surface area contributed by atoms with Crippen molar-refractivity contribution < 1.29 is 23.3 Å². The quantitative estimate of drug-likeness (QED) is 0.332. The predicted octanol–water partition coefficient (Wildman–Crippen LogP) is 3.91. The van der Waals surface area contributed by atoms with E-state index in [-0.39, 0.29) is 34.1 Å². The summed E-state index contributed by atoms with van der Waals surface area (Å²) in [6.45, 7) is 2.13. The molecular formula is C18H15FN4O5S. The molecule has 0 spiro atoms. The number of thioether (sulfide) groups is 1. The van der Waals surface area contributed by atoms with Gasteiger partial charge in [-0.05, 0) is 43.3 Å². The summed E-state index contributed by atoms with van der Waals surface area (Å²) < 4.78 is 23.6. The molecule has 1 aromatic heterocycles. The van der Waals surface area contributed by atoms with E-state index in [2.05, 4.69) is 15.5 Å². The third-order valence-corrected chi connectivity index (χ3v) is 4.39. The van der Waals surface area contributed by atoms with Crippen LogP contribution in [0.2, 0.25) is 0 Å². The second-order valence-electron chi connectivity index (χ2n) is 5.59. The monoisotopic (exact) mass is 418 g/mol. The van der Waals surface area contributed by atoms with E-state index in [1.54, 1.807) is 6.92 Å². The smallest absolute Gasteiger partial charge is 0.296 e. The summed E-state index contributed by atoms with van der Waals surface area (Å²) in [4.78, 5) is 22.8. The zero-order valence-electron chi connectivity index (χ0n) is 15.1. The minimum absolute atomic E-state index is 0.0570. The topological polar surface area (TPSA) is 120 Å². The highest BCUT2D eigenvalue weighted by molar-refractivity contribution is 7.99. The molecule has 11 heteroatoms. The van der Waals surface area contributed by atoms with Gasteiger partial charge in [0.05, 0.1) is 23.3 Å². The summed E-state index contributed by atoms with van der Waals surface area (Å²) in [6.07, 6.45) is 0.